The Labute approximate surface area is 629 Å². The van der Waals surface area contributed by atoms with E-state index in [-0.39, 0.29) is 25.7 Å². The van der Waals surface area contributed by atoms with Gasteiger partial charge in [0.25, 0.3) is 0 Å². The third-order valence-corrected chi connectivity index (χ3v) is 17.9. The first kappa shape index (κ1) is 98.7. The lowest BCUT2D eigenvalue weighted by Gasteiger charge is -2.21. The molecule has 0 saturated carbocycles. The van der Waals surface area contributed by atoms with Gasteiger partial charge in [0, 0.05) is 25.7 Å². The van der Waals surface area contributed by atoms with E-state index in [9.17, 15) is 43.2 Å². The van der Waals surface area contributed by atoms with E-state index >= 15 is 0 Å². The highest BCUT2D eigenvalue weighted by atomic mass is 31.2. The van der Waals surface area contributed by atoms with Crippen molar-refractivity contribution in [3.05, 3.63) is 158 Å². The van der Waals surface area contributed by atoms with Gasteiger partial charge < -0.3 is 33.8 Å². The topological polar surface area (TPSA) is 237 Å². The summed E-state index contributed by atoms with van der Waals surface area (Å²) in [5, 5.41) is 10.6. The number of rotatable bonds is 73. The number of carbonyl (C=O) groups excluding carboxylic acids is 4. The van der Waals surface area contributed by atoms with Crippen LogP contribution in [0.5, 0.6) is 0 Å². The summed E-state index contributed by atoms with van der Waals surface area (Å²) in [6.07, 6.45) is 88.1. The Balaban J connectivity index is 5.43. The Hall–Kier alpha value is -5.32. The molecule has 0 radical (unpaired) electrons. The number of aliphatic hydroxyl groups is 1. The highest BCUT2D eigenvalue weighted by Gasteiger charge is 2.30. The number of hydrogen-bond acceptors (Lipinski definition) is 15. The summed E-state index contributed by atoms with van der Waals surface area (Å²) >= 11 is 0. The number of carbonyl (C=O) groups is 4. The summed E-state index contributed by atoms with van der Waals surface area (Å²) in [7, 11) is -9.99. The Morgan fingerprint density at radius 3 is 0.817 bits per heavy atom. The molecule has 0 saturated heterocycles. The standard InChI is InChI=1S/C85H140O17P2/c1-5-9-13-17-21-25-29-32-35-38-39-42-44-47-51-54-58-62-66-70-83(88)96-76-81(102-85(90)72-68-64-60-56-52-48-45-41-37-34-31-27-23-19-15-11-7-3)78-100-104(93,94)98-74-79(86)73-97-103(91,92)99-77-80(101-84(89)71-67-63-59-55-49-28-24-20-16-12-8-4)75-95-82(87)69-65-61-57-53-50-46-43-40-36-33-30-26-22-18-14-10-6-2/h9-11,13-15,21-23,25-27,32-37,39,42,45,47-48,51,56,60,79-81,86H,5-8,12,16-20,24,28-31,38,40-41,43-44,46,49-50,52-55,57-59,61-78H2,1-4H3,(H,91,92)(H,93,94)/b13-9-,14-10-,15-11-,25-21-,26-22-,27-23-,35-32-,36-33-,37-34-,42-39-,48-45-,51-47-,60-56-. The van der Waals surface area contributed by atoms with Crippen molar-refractivity contribution < 1.29 is 80.2 Å². The minimum atomic E-state index is -5.01. The minimum Gasteiger partial charge on any atom is -0.462 e. The quantitative estimate of drug-likeness (QED) is 0.0169. The van der Waals surface area contributed by atoms with Gasteiger partial charge >= 0.3 is 39.5 Å². The zero-order valence-corrected chi connectivity index (χ0v) is 66.4. The summed E-state index contributed by atoms with van der Waals surface area (Å²) in [6, 6.07) is 0. The van der Waals surface area contributed by atoms with Gasteiger partial charge in [-0.3, -0.25) is 37.3 Å². The molecular weight excluding hydrogens is 1350 g/mol. The van der Waals surface area contributed by atoms with Crippen LogP contribution >= 0.6 is 15.6 Å². The maximum absolute atomic E-state index is 13.1. The fourth-order valence-corrected chi connectivity index (χ4v) is 11.6. The summed E-state index contributed by atoms with van der Waals surface area (Å²) < 4.78 is 68.5. The molecule has 3 N–H and O–H groups in total. The highest BCUT2D eigenvalue weighted by Crippen LogP contribution is 2.45. The molecule has 0 aliphatic heterocycles. The molecule has 0 aromatic rings. The molecule has 0 rings (SSSR count). The van der Waals surface area contributed by atoms with Crippen molar-refractivity contribution >= 4 is 39.5 Å². The van der Waals surface area contributed by atoms with Gasteiger partial charge in [0.15, 0.2) is 12.2 Å². The van der Waals surface area contributed by atoms with E-state index in [1.165, 1.54) is 38.5 Å². The number of hydrogen-bond donors (Lipinski definition) is 3. The smallest absolute Gasteiger partial charge is 0.462 e. The molecule has 0 aromatic heterocycles. The average Bonchev–Trinajstić information content (AvgIpc) is 0.931. The molecule has 19 heteroatoms. The third kappa shape index (κ3) is 74.9. The molecule has 0 aromatic carbocycles. The van der Waals surface area contributed by atoms with Gasteiger partial charge in [-0.25, -0.2) is 9.13 Å². The van der Waals surface area contributed by atoms with Gasteiger partial charge in [-0.05, 0) is 141 Å². The lowest BCUT2D eigenvalue weighted by atomic mass is 10.1. The minimum absolute atomic E-state index is 0.00399. The summed E-state index contributed by atoms with van der Waals surface area (Å²) in [4.78, 5) is 73.0. The van der Waals surface area contributed by atoms with Crippen LogP contribution in [-0.2, 0) is 65.4 Å². The van der Waals surface area contributed by atoms with Gasteiger partial charge in [0.2, 0.25) is 0 Å². The largest absolute Gasteiger partial charge is 0.472 e. The van der Waals surface area contributed by atoms with Crippen LogP contribution in [0, 0.1) is 0 Å². The molecule has 17 nitrogen and oxygen atoms in total. The van der Waals surface area contributed by atoms with Crippen molar-refractivity contribution in [3.8, 4) is 0 Å². The summed E-state index contributed by atoms with van der Waals surface area (Å²) in [5.41, 5.74) is 0. The number of phosphoric acid groups is 2. The van der Waals surface area contributed by atoms with Gasteiger partial charge in [0.05, 0.1) is 26.4 Å². The molecule has 0 aliphatic rings. The zero-order valence-electron chi connectivity index (χ0n) is 64.6. The molecule has 5 unspecified atom stereocenters. The van der Waals surface area contributed by atoms with Crippen LogP contribution in [0.25, 0.3) is 0 Å². The highest BCUT2D eigenvalue weighted by molar-refractivity contribution is 7.47. The van der Waals surface area contributed by atoms with Crippen LogP contribution in [0.2, 0.25) is 0 Å². The molecule has 0 aliphatic carbocycles. The summed E-state index contributed by atoms with van der Waals surface area (Å²) in [5.74, 6) is -2.29. The maximum atomic E-state index is 13.1. The predicted octanol–water partition coefficient (Wildman–Crippen LogP) is 23.2. The first-order valence-electron chi connectivity index (χ1n) is 39.7. The first-order chi connectivity index (χ1) is 50.7. The summed E-state index contributed by atoms with van der Waals surface area (Å²) in [6.45, 7) is 4.41. The van der Waals surface area contributed by atoms with Crippen molar-refractivity contribution in [1.82, 2.24) is 0 Å². The Bertz CT molecular complexity index is 2590. The maximum Gasteiger partial charge on any atom is 0.472 e. The van der Waals surface area contributed by atoms with Crippen LogP contribution in [0.1, 0.15) is 297 Å². The Morgan fingerprint density at radius 2 is 0.510 bits per heavy atom. The van der Waals surface area contributed by atoms with Gasteiger partial charge in [-0.1, -0.05) is 288 Å². The van der Waals surface area contributed by atoms with Crippen molar-refractivity contribution in [2.45, 2.75) is 316 Å². The molecule has 0 spiro atoms. The van der Waals surface area contributed by atoms with E-state index in [0.717, 1.165) is 173 Å². The van der Waals surface area contributed by atoms with Crippen molar-refractivity contribution in [2.75, 3.05) is 39.6 Å². The number of unbranched alkanes of at least 4 members (excludes halogenated alkanes) is 21. The second-order valence-electron chi connectivity index (χ2n) is 25.9. The molecular formula is C85H140O17P2. The van der Waals surface area contributed by atoms with Gasteiger partial charge in [0.1, 0.15) is 19.3 Å². The van der Waals surface area contributed by atoms with E-state index in [0.29, 0.717) is 32.1 Å². The van der Waals surface area contributed by atoms with Gasteiger partial charge in [-0.2, -0.15) is 0 Å². The number of allylic oxidation sites excluding steroid dienone is 26. The molecule has 0 heterocycles. The van der Waals surface area contributed by atoms with Crippen LogP contribution < -0.4 is 0 Å². The molecule has 104 heavy (non-hydrogen) atoms. The molecule has 592 valence electrons. The average molecular weight is 1500 g/mol. The van der Waals surface area contributed by atoms with E-state index in [2.05, 4.69) is 174 Å². The van der Waals surface area contributed by atoms with E-state index in [4.69, 9.17) is 37.0 Å². The van der Waals surface area contributed by atoms with Crippen LogP contribution in [0.3, 0.4) is 0 Å². The Morgan fingerprint density at radius 1 is 0.279 bits per heavy atom. The van der Waals surface area contributed by atoms with E-state index in [1.54, 1.807) is 0 Å². The molecule has 0 amide bonds. The van der Waals surface area contributed by atoms with Crippen LogP contribution in [0.4, 0.5) is 0 Å². The lowest BCUT2D eigenvalue weighted by Crippen LogP contribution is -2.30. The van der Waals surface area contributed by atoms with Crippen LogP contribution in [-0.4, -0.2) is 96.7 Å². The van der Waals surface area contributed by atoms with Crippen molar-refractivity contribution in [2.24, 2.45) is 0 Å². The van der Waals surface area contributed by atoms with Crippen molar-refractivity contribution in [1.29, 1.82) is 0 Å². The third-order valence-electron chi connectivity index (χ3n) is 16.0. The van der Waals surface area contributed by atoms with E-state index < -0.39 is 97.5 Å². The van der Waals surface area contributed by atoms with Gasteiger partial charge in [-0.15, -0.1) is 0 Å². The normalized spacial score (nSPS) is 14.7. The molecule has 0 bridgehead atoms. The monoisotopic (exact) mass is 1490 g/mol. The number of phosphoric ester groups is 2. The predicted molar refractivity (Wildman–Crippen MR) is 427 cm³/mol. The van der Waals surface area contributed by atoms with E-state index in [1.807, 2.05) is 12.2 Å². The Kier molecular flexibility index (Phi) is 72.0. The SMILES string of the molecule is CC/C=C\C/C=C\C/C=C\C/C=C\C/C=C\CCCCCC(=O)OCC(COP(=O)(O)OCC(O)COP(=O)(O)OCC(COC(=O)CCCCCCCCC/C=C\C/C=C\C/C=C\CC)OC(=O)CCCCCCCCCCCCC)OC(=O)CCC/C=C\C/C=C\C/C=C\C/C=C\C/C=C\CC. The molecule has 0 fully saturated rings. The zero-order chi connectivity index (χ0) is 76.0. The second kappa shape index (κ2) is 75.9. The number of ether oxygens (including phenoxy) is 4. The van der Waals surface area contributed by atoms with Crippen molar-refractivity contribution in [3.63, 3.8) is 0 Å². The second-order valence-corrected chi connectivity index (χ2v) is 28.8. The number of aliphatic hydroxyl groups excluding tert-OH is 1. The molecule has 5 atom stereocenters. The lowest BCUT2D eigenvalue weighted by molar-refractivity contribution is -0.161. The number of esters is 4. The fourth-order valence-electron chi connectivity index (χ4n) is 10.1. The van der Waals surface area contributed by atoms with Crippen LogP contribution in [0.15, 0.2) is 158 Å². The fraction of sp³-hybridized carbons (Fsp3) is 0.647. The first-order valence-corrected chi connectivity index (χ1v) is 42.7.